The summed E-state index contributed by atoms with van der Waals surface area (Å²) >= 11 is 0. The van der Waals surface area contributed by atoms with Crippen molar-refractivity contribution in [2.45, 2.75) is 33.2 Å². The maximum atomic E-state index is 13.1. The van der Waals surface area contributed by atoms with Gasteiger partial charge in [-0.1, -0.05) is 30.3 Å². The van der Waals surface area contributed by atoms with E-state index in [1.54, 1.807) is 55.5 Å². The van der Waals surface area contributed by atoms with E-state index in [1.165, 1.54) is 31.2 Å². The van der Waals surface area contributed by atoms with Crippen molar-refractivity contribution < 1.29 is 38.6 Å². The largest absolute Gasteiger partial charge is 0.494 e. The molecule has 0 fully saturated rings. The van der Waals surface area contributed by atoms with E-state index < -0.39 is 29.9 Å². The molecule has 1 unspecified atom stereocenters. The minimum atomic E-state index is -1.30. The lowest BCUT2D eigenvalue weighted by molar-refractivity contribution is -0.143. The summed E-state index contributed by atoms with van der Waals surface area (Å²) in [4.78, 5) is 68.2. The van der Waals surface area contributed by atoms with Crippen LogP contribution in [-0.4, -0.2) is 53.6 Å². The van der Waals surface area contributed by atoms with Crippen LogP contribution in [0.2, 0.25) is 0 Å². The van der Waals surface area contributed by atoms with Gasteiger partial charge >= 0.3 is 18.0 Å². The molecule has 0 saturated heterocycles. The molecule has 4 rings (SSSR count). The number of para-hydroxylation sites is 1. The smallest absolute Gasteiger partial charge is 0.336 e. The third-order valence-electron chi connectivity index (χ3n) is 7.23. The summed E-state index contributed by atoms with van der Waals surface area (Å²) in [5.74, 6) is -2.63. The zero-order valence-corrected chi connectivity index (χ0v) is 26.8. The van der Waals surface area contributed by atoms with Crippen LogP contribution in [0.4, 0.5) is 27.5 Å². The minimum Gasteiger partial charge on any atom is -0.494 e. The Morgan fingerprint density at radius 2 is 1.58 bits per heavy atom. The average molecular weight is 654 g/mol. The van der Waals surface area contributed by atoms with Gasteiger partial charge < -0.3 is 30.5 Å². The van der Waals surface area contributed by atoms with Crippen LogP contribution in [0.5, 0.6) is 5.75 Å². The van der Waals surface area contributed by atoms with E-state index in [0.29, 0.717) is 34.1 Å². The second-order valence-corrected chi connectivity index (χ2v) is 10.5. The molecule has 1 heterocycles. The second kappa shape index (κ2) is 15.9. The Morgan fingerprint density at radius 3 is 2.23 bits per heavy atom. The molecule has 13 heteroatoms. The third kappa shape index (κ3) is 8.51. The number of esters is 1. The van der Waals surface area contributed by atoms with Gasteiger partial charge in [0.25, 0.3) is 5.91 Å². The fraction of sp³-hybridized carbons (Fsp3) is 0.200. The normalized spacial score (nSPS) is 11.1. The van der Waals surface area contributed by atoms with Crippen LogP contribution in [0, 0.1) is 6.92 Å². The van der Waals surface area contributed by atoms with Crippen LogP contribution < -0.4 is 25.6 Å². The van der Waals surface area contributed by atoms with Gasteiger partial charge in [0.05, 0.1) is 48.7 Å². The summed E-state index contributed by atoms with van der Waals surface area (Å²) < 4.78 is 10.6. The summed E-state index contributed by atoms with van der Waals surface area (Å²) in [5, 5.41) is 17.8. The molecule has 1 aromatic heterocycles. The molecule has 3 aromatic carbocycles. The van der Waals surface area contributed by atoms with Crippen LogP contribution in [0.25, 0.3) is 0 Å². The first-order chi connectivity index (χ1) is 23.0. The Bertz CT molecular complexity index is 1830. The number of hydrogen-bond donors (Lipinski definition) is 4. The van der Waals surface area contributed by atoms with Crippen molar-refractivity contribution in [3.05, 3.63) is 107 Å². The molecule has 0 saturated carbocycles. The Kier molecular flexibility index (Phi) is 11.4. The van der Waals surface area contributed by atoms with E-state index >= 15 is 0 Å². The fourth-order valence-corrected chi connectivity index (χ4v) is 4.92. The SMILES string of the molecule is CCOC(=O)CC(NC(=O)c1cnccc1C(=O)O)c1ccc(N(C(C)=O)c2ccc(NC(=O)Nc3ccccc3C)c(OC)c2)cc1. The number of carboxylic acid groups (broad SMARTS) is 1. The number of urea groups is 1. The van der Waals surface area contributed by atoms with Gasteiger partial charge in [0.2, 0.25) is 5.91 Å². The van der Waals surface area contributed by atoms with Crippen molar-refractivity contribution in [1.82, 2.24) is 10.3 Å². The predicted octanol–water partition coefficient (Wildman–Crippen LogP) is 5.85. The highest BCUT2D eigenvalue weighted by Gasteiger charge is 2.24. The van der Waals surface area contributed by atoms with Crippen LogP contribution in [0.3, 0.4) is 0 Å². The molecule has 1 atom stereocenters. The average Bonchev–Trinajstić information content (AvgIpc) is 3.06. The Morgan fingerprint density at radius 1 is 0.896 bits per heavy atom. The topological polar surface area (TPSA) is 176 Å². The number of amides is 4. The maximum absolute atomic E-state index is 13.1. The maximum Gasteiger partial charge on any atom is 0.336 e. The molecule has 0 spiro atoms. The number of aryl methyl sites for hydroxylation is 1. The molecule has 0 aliphatic heterocycles. The summed E-state index contributed by atoms with van der Waals surface area (Å²) in [5.41, 5.74) is 2.94. The first-order valence-corrected chi connectivity index (χ1v) is 14.9. The van der Waals surface area contributed by atoms with Gasteiger partial charge in [0.1, 0.15) is 5.75 Å². The number of aromatic carboxylic acids is 1. The zero-order chi connectivity index (χ0) is 34.8. The first kappa shape index (κ1) is 34.6. The monoisotopic (exact) mass is 653 g/mol. The van der Waals surface area contributed by atoms with Crippen LogP contribution >= 0.6 is 0 Å². The molecule has 0 radical (unpaired) electrons. The van der Waals surface area contributed by atoms with Gasteiger partial charge in [0, 0.05) is 36.8 Å². The number of pyridine rings is 1. The molecule has 48 heavy (non-hydrogen) atoms. The number of methoxy groups -OCH3 is 1. The van der Waals surface area contributed by atoms with Crippen molar-refractivity contribution >= 4 is 52.5 Å². The van der Waals surface area contributed by atoms with E-state index in [2.05, 4.69) is 20.9 Å². The predicted molar refractivity (Wildman–Crippen MR) is 179 cm³/mol. The summed E-state index contributed by atoms with van der Waals surface area (Å²) in [6.45, 7) is 5.06. The van der Waals surface area contributed by atoms with Gasteiger partial charge in [0.15, 0.2) is 0 Å². The van der Waals surface area contributed by atoms with E-state index in [4.69, 9.17) is 9.47 Å². The molecule has 248 valence electrons. The summed E-state index contributed by atoms with van der Waals surface area (Å²) in [6, 6.07) is 18.6. The molecule has 0 aliphatic rings. The molecule has 0 aliphatic carbocycles. The van der Waals surface area contributed by atoms with Crippen LogP contribution in [-0.2, 0) is 14.3 Å². The van der Waals surface area contributed by atoms with E-state index in [1.807, 2.05) is 25.1 Å². The Balaban J connectivity index is 1.58. The highest BCUT2D eigenvalue weighted by Crippen LogP contribution is 2.34. The number of ether oxygens (including phenoxy) is 2. The number of carbonyl (C=O) groups is 5. The zero-order valence-electron chi connectivity index (χ0n) is 26.8. The number of benzene rings is 3. The number of nitrogens with one attached hydrogen (secondary N) is 3. The van der Waals surface area contributed by atoms with Crippen molar-refractivity contribution in [2.75, 3.05) is 29.3 Å². The van der Waals surface area contributed by atoms with Crippen LogP contribution in [0.1, 0.15) is 58.2 Å². The van der Waals surface area contributed by atoms with Gasteiger partial charge in [-0.3, -0.25) is 24.3 Å². The summed E-state index contributed by atoms with van der Waals surface area (Å²) in [7, 11) is 1.44. The van der Waals surface area contributed by atoms with E-state index in [-0.39, 0.29) is 30.1 Å². The fourth-order valence-electron chi connectivity index (χ4n) is 4.92. The number of carbonyl (C=O) groups excluding carboxylic acids is 4. The molecule has 13 nitrogen and oxygen atoms in total. The van der Waals surface area contributed by atoms with Gasteiger partial charge in [-0.05, 0) is 61.4 Å². The Hall–Kier alpha value is -6.24. The van der Waals surface area contributed by atoms with Crippen molar-refractivity contribution in [3.63, 3.8) is 0 Å². The van der Waals surface area contributed by atoms with E-state index in [0.717, 1.165) is 11.8 Å². The minimum absolute atomic E-state index is 0.132. The van der Waals surface area contributed by atoms with Crippen LogP contribution in [0.15, 0.2) is 85.2 Å². The van der Waals surface area contributed by atoms with E-state index in [9.17, 15) is 29.1 Å². The van der Waals surface area contributed by atoms with Crippen molar-refractivity contribution in [2.24, 2.45) is 0 Å². The van der Waals surface area contributed by atoms with Gasteiger partial charge in [-0.2, -0.15) is 0 Å². The number of rotatable bonds is 12. The molecule has 4 amide bonds. The lowest BCUT2D eigenvalue weighted by Gasteiger charge is -2.24. The molecular formula is C35H35N5O8. The number of hydrogen-bond acceptors (Lipinski definition) is 8. The summed E-state index contributed by atoms with van der Waals surface area (Å²) in [6.07, 6.45) is 2.17. The van der Waals surface area contributed by atoms with Crippen molar-refractivity contribution in [3.8, 4) is 5.75 Å². The number of carboxylic acids is 1. The molecule has 0 bridgehead atoms. The Labute approximate surface area is 276 Å². The molecule has 4 N–H and O–H groups in total. The molecule has 4 aromatic rings. The number of aromatic nitrogens is 1. The molecular weight excluding hydrogens is 618 g/mol. The lowest BCUT2D eigenvalue weighted by atomic mass is 10.0. The quantitative estimate of drug-likeness (QED) is 0.137. The second-order valence-electron chi connectivity index (χ2n) is 10.5. The highest BCUT2D eigenvalue weighted by molar-refractivity contribution is 6.05. The standard InChI is InChI=1S/C35H35N5O8/c1-5-48-32(42)19-30(37-33(43)27-20-36-17-16-26(27)34(44)45)23-10-12-24(13-11-23)40(22(3)41)25-14-15-29(31(18-25)47-4)39-35(46)38-28-9-7-6-8-21(28)2/h6-18,20,30H,5,19H2,1-4H3,(H,37,43)(H,44,45)(H2,38,39,46). The lowest BCUT2D eigenvalue weighted by Crippen LogP contribution is -2.32. The number of anilines is 4. The number of nitrogens with zero attached hydrogens (tertiary/aromatic N) is 2. The van der Waals surface area contributed by atoms with Gasteiger partial charge in [-0.25, -0.2) is 9.59 Å². The van der Waals surface area contributed by atoms with Gasteiger partial charge in [-0.15, -0.1) is 0 Å². The van der Waals surface area contributed by atoms with Crippen molar-refractivity contribution in [1.29, 1.82) is 0 Å². The first-order valence-electron chi connectivity index (χ1n) is 14.9. The third-order valence-corrected chi connectivity index (χ3v) is 7.23. The highest BCUT2D eigenvalue weighted by atomic mass is 16.5.